The minimum absolute atomic E-state index is 0.0189. The molecule has 1 heterocycles. The number of nitrogens with zero attached hydrogens (tertiary/aromatic N) is 1. The van der Waals surface area contributed by atoms with Crippen LogP contribution in [0.25, 0.3) is 0 Å². The van der Waals surface area contributed by atoms with E-state index < -0.39 is 0 Å². The predicted molar refractivity (Wildman–Crippen MR) is 67.5 cm³/mol. The number of amides is 1. The topological polar surface area (TPSA) is 68.0 Å². The zero-order valence-electron chi connectivity index (χ0n) is 10.1. The molecule has 4 nitrogen and oxygen atoms in total. The minimum Gasteiger partial charge on any atom is -0.327 e. The van der Waals surface area contributed by atoms with Crippen LogP contribution in [-0.4, -0.2) is 16.9 Å². The zero-order chi connectivity index (χ0) is 12.3. The third-order valence-electron chi connectivity index (χ3n) is 3.35. The quantitative estimate of drug-likeness (QED) is 0.837. The summed E-state index contributed by atoms with van der Waals surface area (Å²) in [5.41, 5.74) is 7.04. The molecule has 3 N–H and O–H groups in total. The van der Waals surface area contributed by atoms with E-state index in [9.17, 15) is 4.79 Å². The van der Waals surface area contributed by atoms with Crippen molar-refractivity contribution in [3.05, 3.63) is 23.9 Å². The molecule has 0 bridgehead atoms. The van der Waals surface area contributed by atoms with Gasteiger partial charge in [-0.05, 0) is 43.4 Å². The Morgan fingerprint density at radius 1 is 1.59 bits per heavy atom. The molecule has 92 valence electrons. The monoisotopic (exact) mass is 233 g/mol. The van der Waals surface area contributed by atoms with E-state index in [0.717, 1.165) is 24.8 Å². The second kappa shape index (κ2) is 5.27. The van der Waals surface area contributed by atoms with Crippen molar-refractivity contribution in [2.24, 2.45) is 11.7 Å². The molecule has 1 aliphatic carbocycles. The summed E-state index contributed by atoms with van der Waals surface area (Å²) in [5, 5.41) is 2.82. The van der Waals surface area contributed by atoms with Crippen LogP contribution in [0.2, 0.25) is 0 Å². The molecular weight excluding hydrogens is 214 g/mol. The number of carbonyl (C=O) groups is 1. The molecule has 0 radical (unpaired) electrons. The first kappa shape index (κ1) is 12.0. The lowest BCUT2D eigenvalue weighted by Gasteiger charge is -2.14. The summed E-state index contributed by atoms with van der Waals surface area (Å²) in [5.74, 6) is 0.979. The van der Waals surface area contributed by atoms with Crippen molar-refractivity contribution >= 4 is 11.7 Å². The molecule has 1 amide bonds. The number of aromatic nitrogens is 1. The molecule has 1 aromatic heterocycles. The average molecular weight is 233 g/mol. The van der Waals surface area contributed by atoms with Crippen molar-refractivity contribution in [2.75, 3.05) is 5.32 Å². The first-order chi connectivity index (χ1) is 8.15. The van der Waals surface area contributed by atoms with Gasteiger partial charge in [0, 0.05) is 18.7 Å². The van der Waals surface area contributed by atoms with Gasteiger partial charge in [-0.25, -0.2) is 4.98 Å². The molecule has 1 aromatic rings. The number of aryl methyl sites for hydroxylation is 1. The van der Waals surface area contributed by atoms with Gasteiger partial charge in [0.2, 0.25) is 5.91 Å². The molecule has 1 saturated carbocycles. The van der Waals surface area contributed by atoms with Crippen molar-refractivity contribution in [2.45, 2.75) is 38.6 Å². The summed E-state index contributed by atoms with van der Waals surface area (Å²) in [6.45, 7) is 1.98. The summed E-state index contributed by atoms with van der Waals surface area (Å²) in [4.78, 5) is 15.9. The third-order valence-corrected chi connectivity index (χ3v) is 3.35. The SMILES string of the molecule is Cc1ccnc(NC(=O)C[C@@H]2CCC[C@H]2N)c1. The molecule has 2 atom stereocenters. The molecule has 0 saturated heterocycles. The van der Waals surface area contributed by atoms with Crippen LogP contribution >= 0.6 is 0 Å². The smallest absolute Gasteiger partial charge is 0.225 e. The van der Waals surface area contributed by atoms with E-state index in [1.54, 1.807) is 6.20 Å². The summed E-state index contributed by atoms with van der Waals surface area (Å²) in [7, 11) is 0. The lowest BCUT2D eigenvalue weighted by molar-refractivity contribution is -0.117. The Morgan fingerprint density at radius 2 is 2.41 bits per heavy atom. The molecule has 1 aliphatic rings. The van der Waals surface area contributed by atoms with Crippen LogP contribution in [0.5, 0.6) is 0 Å². The van der Waals surface area contributed by atoms with Gasteiger partial charge < -0.3 is 11.1 Å². The van der Waals surface area contributed by atoms with E-state index in [0.29, 0.717) is 18.2 Å². The Kier molecular flexibility index (Phi) is 3.74. The average Bonchev–Trinajstić information content (AvgIpc) is 2.64. The lowest BCUT2D eigenvalue weighted by Crippen LogP contribution is -2.28. The molecule has 2 rings (SSSR count). The van der Waals surface area contributed by atoms with Gasteiger partial charge in [-0.2, -0.15) is 0 Å². The first-order valence-corrected chi connectivity index (χ1v) is 6.13. The number of hydrogen-bond acceptors (Lipinski definition) is 3. The summed E-state index contributed by atoms with van der Waals surface area (Å²) in [6, 6.07) is 3.96. The fourth-order valence-corrected chi connectivity index (χ4v) is 2.36. The molecule has 1 fully saturated rings. The van der Waals surface area contributed by atoms with Gasteiger partial charge >= 0.3 is 0 Å². The molecule has 0 unspecified atom stereocenters. The first-order valence-electron chi connectivity index (χ1n) is 6.13. The van der Waals surface area contributed by atoms with Crippen molar-refractivity contribution in [1.82, 2.24) is 4.98 Å². The highest BCUT2D eigenvalue weighted by Crippen LogP contribution is 2.27. The number of nitrogens with one attached hydrogen (secondary N) is 1. The molecular formula is C13H19N3O. The number of carbonyl (C=O) groups excluding carboxylic acids is 1. The summed E-state index contributed by atoms with van der Waals surface area (Å²) >= 11 is 0. The lowest BCUT2D eigenvalue weighted by atomic mass is 10.00. The molecule has 4 heteroatoms. The number of hydrogen-bond donors (Lipinski definition) is 2. The van der Waals surface area contributed by atoms with Crippen LogP contribution < -0.4 is 11.1 Å². The summed E-state index contributed by atoms with van der Waals surface area (Å²) < 4.78 is 0. The standard InChI is InChI=1S/C13H19N3O/c1-9-5-6-15-12(7-9)16-13(17)8-10-3-2-4-11(10)14/h5-7,10-11H,2-4,8,14H2,1H3,(H,15,16,17)/t10-,11+/m0/s1. The third kappa shape index (κ3) is 3.27. The number of nitrogens with two attached hydrogens (primary N) is 1. The van der Waals surface area contributed by atoms with E-state index in [2.05, 4.69) is 10.3 Å². The van der Waals surface area contributed by atoms with Crippen molar-refractivity contribution in [1.29, 1.82) is 0 Å². The fraction of sp³-hybridized carbons (Fsp3) is 0.538. The Bertz CT molecular complexity index is 405. The van der Waals surface area contributed by atoms with Crippen molar-refractivity contribution < 1.29 is 4.79 Å². The Balaban J connectivity index is 1.89. The number of anilines is 1. The maximum atomic E-state index is 11.8. The number of pyridine rings is 1. The van der Waals surface area contributed by atoms with Crippen molar-refractivity contribution in [3.63, 3.8) is 0 Å². The van der Waals surface area contributed by atoms with E-state index in [1.807, 2.05) is 19.1 Å². The Labute approximate surface area is 102 Å². The van der Waals surface area contributed by atoms with Gasteiger partial charge in [0.05, 0.1) is 0 Å². The molecule has 0 aliphatic heterocycles. The van der Waals surface area contributed by atoms with Crippen molar-refractivity contribution in [3.8, 4) is 0 Å². The Morgan fingerprint density at radius 3 is 3.06 bits per heavy atom. The normalized spacial score (nSPS) is 23.6. The van der Waals surface area contributed by atoms with Gasteiger partial charge in [0.25, 0.3) is 0 Å². The Hall–Kier alpha value is -1.42. The van der Waals surface area contributed by atoms with E-state index >= 15 is 0 Å². The van der Waals surface area contributed by atoms with Gasteiger partial charge in [0.1, 0.15) is 5.82 Å². The minimum atomic E-state index is 0.0189. The largest absolute Gasteiger partial charge is 0.327 e. The highest BCUT2D eigenvalue weighted by atomic mass is 16.1. The van der Waals surface area contributed by atoms with Gasteiger partial charge in [0.15, 0.2) is 0 Å². The molecule has 17 heavy (non-hydrogen) atoms. The van der Waals surface area contributed by atoms with E-state index in [1.165, 1.54) is 0 Å². The van der Waals surface area contributed by atoms with Crippen LogP contribution in [0.1, 0.15) is 31.2 Å². The van der Waals surface area contributed by atoms with E-state index in [4.69, 9.17) is 5.73 Å². The van der Waals surface area contributed by atoms with Crippen LogP contribution in [0.3, 0.4) is 0 Å². The highest BCUT2D eigenvalue weighted by Gasteiger charge is 2.26. The van der Waals surface area contributed by atoms with Gasteiger partial charge in [-0.15, -0.1) is 0 Å². The van der Waals surface area contributed by atoms with Crippen LogP contribution in [0.15, 0.2) is 18.3 Å². The van der Waals surface area contributed by atoms with E-state index in [-0.39, 0.29) is 11.9 Å². The molecule has 0 spiro atoms. The van der Waals surface area contributed by atoms with Crippen LogP contribution in [0, 0.1) is 12.8 Å². The highest BCUT2D eigenvalue weighted by molar-refractivity contribution is 5.90. The number of rotatable bonds is 3. The maximum Gasteiger partial charge on any atom is 0.225 e. The van der Waals surface area contributed by atoms with Crippen LogP contribution in [-0.2, 0) is 4.79 Å². The second-order valence-electron chi connectivity index (χ2n) is 4.83. The maximum absolute atomic E-state index is 11.8. The zero-order valence-corrected chi connectivity index (χ0v) is 10.1. The fourth-order valence-electron chi connectivity index (χ4n) is 2.36. The molecule has 0 aromatic carbocycles. The second-order valence-corrected chi connectivity index (χ2v) is 4.83. The van der Waals surface area contributed by atoms with Crippen LogP contribution in [0.4, 0.5) is 5.82 Å². The summed E-state index contributed by atoms with van der Waals surface area (Å²) in [6.07, 6.45) is 5.46. The van der Waals surface area contributed by atoms with Gasteiger partial charge in [-0.3, -0.25) is 4.79 Å². The van der Waals surface area contributed by atoms with Gasteiger partial charge in [-0.1, -0.05) is 6.42 Å². The predicted octanol–water partition coefficient (Wildman–Crippen LogP) is 1.85.